The van der Waals surface area contributed by atoms with Gasteiger partial charge in [0, 0.05) is 5.56 Å². The van der Waals surface area contributed by atoms with Crippen LogP contribution in [0.3, 0.4) is 0 Å². The molecular weight excluding hydrogens is 224 g/mol. The Balaban J connectivity index is 2.19. The van der Waals surface area contributed by atoms with Gasteiger partial charge in [-0.3, -0.25) is 4.79 Å². The van der Waals surface area contributed by atoms with E-state index in [0.717, 1.165) is 0 Å². The van der Waals surface area contributed by atoms with E-state index in [4.69, 9.17) is 4.74 Å². The van der Waals surface area contributed by atoms with Crippen molar-refractivity contribution in [1.82, 2.24) is 0 Å². The van der Waals surface area contributed by atoms with E-state index in [0.29, 0.717) is 11.3 Å². The van der Waals surface area contributed by atoms with E-state index in [1.54, 1.807) is 26.0 Å². The first-order valence-corrected chi connectivity index (χ1v) is 5.93. The molecule has 0 aliphatic heterocycles. The molecule has 2 aromatic carbocycles. The van der Waals surface area contributed by atoms with Gasteiger partial charge in [0.2, 0.25) is 5.78 Å². The maximum atomic E-state index is 12.3. The minimum Gasteiger partial charge on any atom is -0.480 e. The van der Waals surface area contributed by atoms with E-state index < -0.39 is 5.60 Å². The summed E-state index contributed by atoms with van der Waals surface area (Å²) in [6, 6.07) is 18.6. The third kappa shape index (κ3) is 2.77. The molecule has 2 aromatic rings. The smallest absolute Gasteiger partial charge is 0.205 e. The zero-order valence-corrected chi connectivity index (χ0v) is 10.6. The Morgan fingerprint density at radius 2 is 1.39 bits per heavy atom. The van der Waals surface area contributed by atoms with Gasteiger partial charge in [0.25, 0.3) is 0 Å². The number of carbonyl (C=O) groups is 1. The van der Waals surface area contributed by atoms with Crippen molar-refractivity contribution in [1.29, 1.82) is 0 Å². The van der Waals surface area contributed by atoms with Crippen LogP contribution in [0.1, 0.15) is 24.2 Å². The van der Waals surface area contributed by atoms with Gasteiger partial charge in [0.15, 0.2) is 5.60 Å². The van der Waals surface area contributed by atoms with Gasteiger partial charge in [-0.05, 0) is 26.0 Å². The lowest BCUT2D eigenvalue weighted by molar-refractivity contribution is 0.0584. The molecule has 0 aliphatic carbocycles. The summed E-state index contributed by atoms with van der Waals surface area (Å²) in [6.07, 6.45) is 0. The molecule has 0 aromatic heterocycles. The van der Waals surface area contributed by atoms with Crippen LogP contribution >= 0.6 is 0 Å². The number of ketones is 1. The van der Waals surface area contributed by atoms with Gasteiger partial charge in [-0.2, -0.15) is 0 Å². The third-order valence-electron chi connectivity index (χ3n) is 2.70. The lowest BCUT2D eigenvalue weighted by Crippen LogP contribution is -2.38. The fraction of sp³-hybridized carbons (Fsp3) is 0.188. The Morgan fingerprint density at radius 3 is 1.94 bits per heavy atom. The number of hydrogen-bond donors (Lipinski definition) is 0. The summed E-state index contributed by atoms with van der Waals surface area (Å²) in [4.78, 5) is 12.3. The van der Waals surface area contributed by atoms with Gasteiger partial charge >= 0.3 is 0 Å². The first-order chi connectivity index (χ1) is 8.59. The van der Waals surface area contributed by atoms with Crippen LogP contribution in [0.5, 0.6) is 5.75 Å². The number of hydrogen-bond acceptors (Lipinski definition) is 2. The molecule has 2 nitrogen and oxygen atoms in total. The maximum absolute atomic E-state index is 12.3. The summed E-state index contributed by atoms with van der Waals surface area (Å²) >= 11 is 0. The predicted octanol–water partition coefficient (Wildman–Crippen LogP) is 3.73. The van der Waals surface area contributed by atoms with Crippen LogP contribution in [-0.4, -0.2) is 11.4 Å². The number of rotatable bonds is 4. The standard InChI is InChI=1S/C16H16O2/c1-16(2,18-14-11-7-4-8-12-14)15(17)13-9-5-3-6-10-13/h3-12H,1-2H3. The predicted molar refractivity (Wildman–Crippen MR) is 71.9 cm³/mol. The van der Waals surface area contributed by atoms with E-state index in [2.05, 4.69) is 0 Å². The molecule has 0 spiro atoms. The van der Waals surface area contributed by atoms with Crippen LogP contribution in [0.25, 0.3) is 0 Å². The van der Waals surface area contributed by atoms with Gasteiger partial charge in [-0.1, -0.05) is 48.5 Å². The third-order valence-corrected chi connectivity index (χ3v) is 2.70. The Morgan fingerprint density at radius 1 is 0.889 bits per heavy atom. The zero-order valence-electron chi connectivity index (χ0n) is 10.6. The van der Waals surface area contributed by atoms with Crippen LogP contribution < -0.4 is 4.74 Å². The highest BCUT2D eigenvalue weighted by molar-refractivity contribution is 6.02. The van der Waals surface area contributed by atoms with E-state index in [1.807, 2.05) is 48.5 Å². The molecular formula is C16H16O2. The second-order valence-electron chi connectivity index (χ2n) is 4.62. The molecule has 0 bridgehead atoms. The van der Waals surface area contributed by atoms with Crippen molar-refractivity contribution in [2.45, 2.75) is 19.4 Å². The largest absolute Gasteiger partial charge is 0.480 e. The summed E-state index contributed by atoms with van der Waals surface area (Å²) in [5.41, 5.74) is -0.207. The van der Waals surface area contributed by atoms with Gasteiger partial charge < -0.3 is 4.74 Å². The highest BCUT2D eigenvalue weighted by Crippen LogP contribution is 2.21. The molecule has 92 valence electrons. The molecule has 18 heavy (non-hydrogen) atoms. The van der Waals surface area contributed by atoms with Crippen molar-refractivity contribution in [3.8, 4) is 5.75 Å². The summed E-state index contributed by atoms with van der Waals surface area (Å²) < 4.78 is 5.77. The van der Waals surface area contributed by atoms with E-state index >= 15 is 0 Å². The number of ether oxygens (including phenoxy) is 1. The van der Waals surface area contributed by atoms with Crippen LogP contribution in [0, 0.1) is 0 Å². The summed E-state index contributed by atoms with van der Waals surface area (Å²) in [5.74, 6) is 0.679. The molecule has 0 fully saturated rings. The van der Waals surface area contributed by atoms with Crippen molar-refractivity contribution in [2.24, 2.45) is 0 Å². The summed E-state index contributed by atoms with van der Waals surface area (Å²) in [6.45, 7) is 3.57. The molecule has 2 rings (SSSR count). The van der Waals surface area contributed by atoms with E-state index in [1.165, 1.54) is 0 Å². The second-order valence-corrected chi connectivity index (χ2v) is 4.62. The number of benzene rings is 2. The fourth-order valence-corrected chi connectivity index (χ4v) is 1.77. The minimum absolute atomic E-state index is 0.0213. The number of Topliss-reactive ketones (excluding diaryl/α,β-unsaturated/α-hetero) is 1. The Bertz CT molecular complexity index is 515. The quantitative estimate of drug-likeness (QED) is 0.761. The molecule has 0 amide bonds. The molecule has 0 atom stereocenters. The molecule has 0 saturated heterocycles. The van der Waals surface area contributed by atoms with E-state index in [-0.39, 0.29) is 5.78 Å². The second kappa shape index (κ2) is 5.05. The monoisotopic (exact) mass is 240 g/mol. The van der Waals surface area contributed by atoms with Crippen molar-refractivity contribution in [2.75, 3.05) is 0 Å². The van der Waals surface area contributed by atoms with Gasteiger partial charge in [0.1, 0.15) is 5.75 Å². The first kappa shape index (κ1) is 12.4. The summed E-state index contributed by atoms with van der Waals surface area (Å²) in [5, 5.41) is 0. The molecule has 0 saturated carbocycles. The normalized spacial score (nSPS) is 11.0. The van der Waals surface area contributed by atoms with Crippen molar-refractivity contribution >= 4 is 5.78 Å². The molecule has 0 aliphatic rings. The highest BCUT2D eigenvalue weighted by atomic mass is 16.5. The van der Waals surface area contributed by atoms with Crippen molar-refractivity contribution in [3.05, 3.63) is 66.2 Å². The zero-order chi connectivity index (χ0) is 13.0. The van der Waals surface area contributed by atoms with Crippen molar-refractivity contribution < 1.29 is 9.53 Å². The van der Waals surface area contributed by atoms with Crippen LogP contribution in [0.2, 0.25) is 0 Å². The van der Waals surface area contributed by atoms with Gasteiger partial charge in [-0.25, -0.2) is 0 Å². The average molecular weight is 240 g/mol. The SMILES string of the molecule is CC(C)(Oc1ccccc1)C(=O)c1ccccc1. The molecule has 0 heterocycles. The lowest BCUT2D eigenvalue weighted by Gasteiger charge is -2.25. The first-order valence-electron chi connectivity index (χ1n) is 5.93. The van der Waals surface area contributed by atoms with Gasteiger partial charge in [-0.15, -0.1) is 0 Å². The minimum atomic E-state index is -0.872. The number of para-hydroxylation sites is 1. The van der Waals surface area contributed by atoms with Crippen LogP contribution in [-0.2, 0) is 0 Å². The summed E-state index contributed by atoms with van der Waals surface area (Å²) in [7, 11) is 0. The van der Waals surface area contributed by atoms with Gasteiger partial charge in [0.05, 0.1) is 0 Å². The molecule has 0 N–H and O–H groups in total. The maximum Gasteiger partial charge on any atom is 0.205 e. The Kier molecular flexibility index (Phi) is 3.47. The Labute approximate surface area is 107 Å². The topological polar surface area (TPSA) is 26.3 Å². The fourth-order valence-electron chi connectivity index (χ4n) is 1.77. The lowest BCUT2D eigenvalue weighted by atomic mass is 9.96. The van der Waals surface area contributed by atoms with Crippen LogP contribution in [0.4, 0.5) is 0 Å². The molecule has 0 unspecified atom stereocenters. The highest BCUT2D eigenvalue weighted by Gasteiger charge is 2.30. The molecule has 2 heteroatoms. The average Bonchev–Trinajstić information content (AvgIpc) is 2.39. The van der Waals surface area contributed by atoms with Crippen LogP contribution in [0.15, 0.2) is 60.7 Å². The number of carbonyl (C=O) groups excluding carboxylic acids is 1. The van der Waals surface area contributed by atoms with E-state index in [9.17, 15) is 4.79 Å². The van der Waals surface area contributed by atoms with Crippen molar-refractivity contribution in [3.63, 3.8) is 0 Å². The molecule has 0 radical (unpaired) electrons. The Hall–Kier alpha value is -2.09.